The minimum Gasteiger partial charge on any atom is -0.489 e. The Labute approximate surface area is 157 Å². The van der Waals surface area contributed by atoms with Crippen LogP contribution in [0.4, 0.5) is 0 Å². The number of hydrogen-bond acceptors (Lipinski definition) is 3. The number of halogens is 2. The number of benzene rings is 2. The summed E-state index contributed by atoms with van der Waals surface area (Å²) in [5.41, 5.74) is 1.93. The molecule has 25 heavy (non-hydrogen) atoms. The molecule has 1 atom stereocenters. The van der Waals surface area contributed by atoms with E-state index in [9.17, 15) is 9.90 Å². The van der Waals surface area contributed by atoms with Crippen LogP contribution in [0.5, 0.6) is 5.75 Å². The molecule has 0 bridgehead atoms. The average Bonchev–Trinajstić information content (AvgIpc) is 2.56. The normalized spacial score (nSPS) is 12.2. The van der Waals surface area contributed by atoms with Crippen LogP contribution in [-0.4, -0.2) is 17.1 Å². The van der Waals surface area contributed by atoms with Gasteiger partial charge in [-0.3, -0.25) is 4.79 Å². The average molecular weight is 382 g/mol. The lowest BCUT2D eigenvalue weighted by molar-refractivity contribution is -0.140. The summed E-state index contributed by atoms with van der Waals surface area (Å²) >= 11 is 11.9. The largest absolute Gasteiger partial charge is 0.489 e. The van der Waals surface area contributed by atoms with Crippen molar-refractivity contribution in [3.05, 3.63) is 63.6 Å². The van der Waals surface area contributed by atoms with E-state index in [2.05, 4.69) is 5.32 Å². The molecule has 2 aromatic carbocycles. The zero-order chi connectivity index (χ0) is 18.4. The molecule has 0 heterocycles. The fraction of sp³-hybridized carbons (Fsp3) is 0.316. The molecule has 134 valence electrons. The van der Waals surface area contributed by atoms with Crippen LogP contribution in [0.25, 0.3) is 0 Å². The van der Waals surface area contributed by atoms with Crippen molar-refractivity contribution in [2.24, 2.45) is 5.92 Å². The monoisotopic (exact) mass is 381 g/mol. The van der Waals surface area contributed by atoms with Gasteiger partial charge in [-0.2, -0.15) is 0 Å². The summed E-state index contributed by atoms with van der Waals surface area (Å²) in [4.78, 5) is 11.2. The maximum Gasteiger partial charge on any atom is 0.320 e. The number of hydrogen-bond donors (Lipinski definition) is 2. The highest BCUT2D eigenvalue weighted by molar-refractivity contribution is 6.42. The highest BCUT2D eigenvalue weighted by Gasteiger charge is 2.20. The van der Waals surface area contributed by atoms with Gasteiger partial charge in [0.2, 0.25) is 0 Å². The quantitative estimate of drug-likeness (QED) is 0.691. The summed E-state index contributed by atoms with van der Waals surface area (Å²) < 4.78 is 5.73. The van der Waals surface area contributed by atoms with Gasteiger partial charge in [0.05, 0.1) is 10.0 Å². The second-order valence-corrected chi connectivity index (χ2v) is 6.94. The van der Waals surface area contributed by atoms with E-state index < -0.39 is 12.0 Å². The number of carboxylic acids is 1. The molecule has 2 aromatic rings. The molecule has 2 N–H and O–H groups in total. The molecule has 0 saturated heterocycles. The summed E-state index contributed by atoms with van der Waals surface area (Å²) in [6.45, 7) is 4.64. The van der Waals surface area contributed by atoms with Gasteiger partial charge < -0.3 is 15.2 Å². The van der Waals surface area contributed by atoms with Gasteiger partial charge in [-0.05, 0) is 41.3 Å². The van der Waals surface area contributed by atoms with Crippen molar-refractivity contribution in [2.75, 3.05) is 0 Å². The molecule has 2 rings (SSSR count). The van der Waals surface area contributed by atoms with E-state index in [1.807, 2.05) is 44.2 Å². The van der Waals surface area contributed by atoms with E-state index in [1.54, 1.807) is 12.1 Å². The van der Waals surface area contributed by atoms with Crippen molar-refractivity contribution in [3.63, 3.8) is 0 Å². The second kappa shape index (κ2) is 9.09. The van der Waals surface area contributed by atoms with Gasteiger partial charge in [-0.25, -0.2) is 0 Å². The zero-order valence-corrected chi connectivity index (χ0v) is 15.6. The first-order chi connectivity index (χ1) is 11.9. The second-order valence-electron chi connectivity index (χ2n) is 6.12. The first-order valence-corrected chi connectivity index (χ1v) is 8.74. The van der Waals surface area contributed by atoms with Crippen LogP contribution < -0.4 is 10.1 Å². The molecule has 0 spiro atoms. The number of carboxylic acid groups (broad SMARTS) is 1. The Bertz CT molecular complexity index is 717. The summed E-state index contributed by atoms with van der Waals surface area (Å²) in [6.07, 6.45) is 0. The molecule has 0 amide bonds. The van der Waals surface area contributed by atoms with Crippen LogP contribution >= 0.6 is 23.2 Å². The summed E-state index contributed by atoms with van der Waals surface area (Å²) in [5.74, 6) is -0.0867. The molecule has 0 aliphatic carbocycles. The minimum absolute atomic E-state index is 0.0197. The molecule has 0 saturated carbocycles. The molecular weight excluding hydrogens is 361 g/mol. The fourth-order valence-corrected chi connectivity index (χ4v) is 2.66. The zero-order valence-electron chi connectivity index (χ0n) is 14.1. The predicted molar refractivity (Wildman–Crippen MR) is 100 cm³/mol. The topological polar surface area (TPSA) is 58.6 Å². The fourth-order valence-electron chi connectivity index (χ4n) is 2.34. The van der Waals surface area contributed by atoms with E-state index in [0.717, 1.165) is 16.9 Å². The molecule has 6 heteroatoms. The highest BCUT2D eigenvalue weighted by Crippen LogP contribution is 2.23. The molecule has 0 radical (unpaired) electrons. The van der Waals surface area contributed by atoms with Crippen LogP contribution in [0, 0.1) is 5.92 Å². The lowest BCUT2D eigenvalue weighted by Gasteiger charge is -2.18. The number of aliphatic carboxylic acids is 1. The van der Waals surface area contributed by atoms with Crippen molar-refractivity contribution in [1.82, 2.24) is 5.32 Å². The summed E-state index contributed by atoms with van der Waals surface area (Å²) in [6, 6.07) is 12.4. The molecule has 4 nitrogen and oxygen atoms in total. The van der Waals surface area contributed by atoms with Gasteiger partial charge in [0.15, 0.2) is 0 Å². The van der Waals surface area contributed by atoms with Crippen molar-refractivity contribution in [1.29, 1.82) is 0 Å². The molecule has 0 aromatic heterocycles. The van der Waals surface area contributed by atoms with Crippen LogP contribution in [0.15, 0.2) is 42.5 Å². The third kappa shape index (κ3) is 5.92. The minimum atomic E-state index is -0.837. The van der Waals surface area contributed by atoms with Gasteiger partial charge in [0.25, 0.3) is 0 Å². The molecule has 0 aliphatic rings. The number of ether oxygens (including phenoxy) is 1. The Morgan fingerprint density at radius 2 is 1.72 bits per heavy atom. The Morgan fingerprint density at radius 3 is 2.28 bits per heavy atom. The summed E-state index contributed by atoms with van der Waals surface area (Å²) in [7, 11) is 0. The van der Waals surface area contributed by atoms with Crippen LogP contribution in [0.2, 0.25) is 10.0 Å². The Hall–Kier alpha value is -1.75. The van der Waals surface area contributed by atoms with Crippen molar-refractivity contribution >= 4 is 29.2 Å². The maximum absolute atomic E-state index is 11.2. The lowest BCUT2D eigenvalue weighted by Crippen LogP contribution is -2.40. The van der Waals surface area contributed by atoms with Gasteiger partial charge >= 0.3 is 5.97 Å². The first-order valence-electron chi connectivity index (χ1n) is 7.98. The molecular formula is C19H21Cl2NO3. The van der Waals surface area contributed by atoms with Gasteiger partial charge in [-0.15, -0.1) is 0 Å². The Kier molecular flexibility index (Phi) is 7.12. The van der Waals surface area contributed by atoms with E-state index in [4.69, 9.17) is 27.9 Å². The third-order valence-corrected chi connectivity index (χ3v) is 4.51. The van der Waals surface area contributed by atoms with Gasteiger partial charge in [0.1, 0.15) is 18.4 Å². The standard InChI is InChI=1S/C19H21Cl2NO3/c1-12(2)18(19(23)24)22-10-13-3-6-15(7-4-13)25-11-14-5-8-16(20)17(21)9-14/h3-9,12,18,22H,10-11H2,1-2H3,(H,23,24). The summed E-state index contributed by atoms with van der Waals surface area (Å²) in [5, 5.41) is 13.3. The Morgan fingerprint density at radius 1 is 1.08 bits per heavy atom. The predicted octanol–water partition coefficient (Wildman–Crippen LogP) is 4.77. The van der Waals surface area contributed by atoms with Crippen molar-refractivity contribution < 1.29 is 14.6 Å². The van der Waals surface area contributed by atoms with E-state index in [0.29, 0.717) is 23.2 Å². The van der Waals surface area contributed by atoms with Crippen LogP contribution in [0.1, 0.15) is 25.0 Å². The highest BCUT2D eigenvalue weighted by atomic mass is 35.5. The van der Waals surface area contributed by atoms with Crippen LogP contribution in [-0.2, 0) is 17.9 Å². The maximum atomic E-state index is 11.2. The number of rotatable bonds is 8. The molecule has 0 aliphatic heterocycles. The van der Waals surface area contributed by atoms with Gasteiger partial charge in [-0.1, -0.05) is 55.2 Å². The van der Waals surface area contributed by atoms with Crippen molar-refractivity contribution in [3.8, 4) is 5.75 Å². The van der Waals surface area contributed by atoms with E-state index >= 15 is 0 Å². The first kappa shape index (κ1) is 19.6. The van der Waals surface area contributed by atoms with E-state index in [1.165, 1.54) is 0 Å². The van der Waals surface area contributed by atoms with Gasteiger partial charge in [0, 0.05) is 6.54 Å². The third-order valence-electron chi connectivity index (χ3n) is 3.77. The molecule has 0 fully saturated rings. The SMILES string of the molecule is CC(C)C(NCc1ccc(OCc2ccc(Cl)c(Cl)c2)cc1)C(=O)O. The number of carbonyl (C=O) groups is 1. The van der Waals surface area contributed by atoms with E-state index in [-0.39, 0.29) is 5.92 Å². The number of nitrogens with one attached hydrogen (secondary N) is 1. The van der Waals surface area contributed by atoms with Crippen LogP contribution in [0.3, 0.4) is 0 Å². The Balaban J connectivity index is 1.89. The molecule has 1 unspecified atom stereocenters. The smallest absolute Gasteiger partial charge is 0.320 e. The lowest BCUT2D eigenvalue weighted by atomic mass is 10.0. The van der Waals surface area contributed by atoms with Crippen molar-refractivity contribution in [2.45, 2.75) is 33.0 Å².